The number of benzene rings is 1. The number of nitrogens with one attached hydrogen (secondary N) is 1. The van der Waals surface area contributed by atoms with Gasteiger partial charge < -0.3 is 5.11 Å². The summed E-state index contributed by atoms with van der Waals surface area (Å²) in [5.41, 5.74) is 1.17. The molecule has 0 fully saturated rings. The van der Waals surface area contributed by atoms with Gasteiger partial charge >= 0.3 is 66.1 Å². The first-order valence-corrected chi connectivity index (χ1v) is 8.13. The fourth-order valence-corrected chi connectivity index (χ4v) is 1.19. The summed E-state index contributed by atoms with van der Waals surface area (Å²) in [4.78, 5) is 10.8. The third-order valence-corrected chi connectivity index (χ3v) is 2.52. The number of carbonyl (C=O) groups is 1. The Morgan fingerprint density at radius 3 is 2.11 bits per heavy atom. The molecule has 0 aliphatic rings. The maximum absolute atomic E-state index is 10.8. The van der Waals surface area contributed by atoms with E-state index in [2.05, 4.69) is 5.32 Å². The molecule has 0 spiro atoms. The number of aryl methyl sites for hydroxylation is 1. The van der Waals surface area contributed by atoms with Crippen LogP contribution in [0.5, 0.6) is 5.75 Å². The molecule has 2 N–H and O–H groups in total. The molecular formula is C15H25NO2W. The third-order valence-electron chi connectivity index (χ3n) is 1.92. The topological polar surface area (TPSA) is 49.3 Å². The van der Waals surface area contributed by atoms with Crippen molar-refractivity contribution in [1.82, 2.24) is 5.32 Å². The fraction of sp³-hybridized carbons (Fsp3) is 0.467. The van der Waals surface area contributed by atoms with Crippen LogP contribution in [0.2, 0.25) is 0 Å². The molecule has 0 heterocycles. The van der Waals surface area contributed by atoms with Gasteiger partial charge in [0.2, 0.25) is 0 Å². The van der Waals surface area contributed by atoms with Gasteiger partial charge in [-0.25, -0.2) is 0 Å². The summed E-state index contributed by atoms with van der Waals surface area (Å²) in [6.07, 6.45) is 0. The normalized spacial score (nSPS) is 8.53. The van der Waals surface area contributed by atoms with Crippen LogP contribution in [-0.2, 0) is 24.1 Å². The van der Waals surface area contributed by atoms with Gasteiger partial charge in [-0.1, -0.05) is 31.5 Å². The molecule has 19 heavy (non-hydrogen) atoms. The smallest absolute Gasteiger partial charge is 0.115 e. The minimum Gasteiger partial charge on any atom is -0.508 e. The Morgan fingerprint density at radius 2 is 1.79 bits per heavy atom. The van der Waals surface area contributed by atoms with E-state index in [4.69, 9.17) is 5.11 Å². The van der Waals surface area contributed by atoms with Gasteiger partial charge in [0.15, 0.2) is 0 Å². The van der Waals surface area contributed by atoms with Crippen LogP contribution >= 0.6 is 0 Å². The minimum atomic E-state index is 0.111. The second kappa shape index (κ2) is 13.5. The average molecular weight is 435 g/mol. The molecule has 0 unspecified atom stereocenters. The predicted molar refractivity (Wildman–Crippen MR) is 78.1 cm³/mol. The van der Waals surface area contributed by atoms with Gasteiger partial charge in [-0.3, -0.25) is 0 Å². The summed E-state index contributed by atoms with van der Waals surface area (Å²) in [5.74, 6) is 0.572. The summed E-state index contributed by atoms with van der Waals surface area (Å²) in [7, 11) is 0. The van der Waals surface area contributed by atoms with Crippen LogP contribution in [0.1, 0.15) is 33.3 Å². The van der Waals surface area contributed by atoms with Gasteiger partial charge in [0, 0.05) is 0 Å². The van der Waals surface area contributed by atoms with Gasteiger partial charge in [-0.05, 0) is 19.1 Å². The number of phenols is 1. The predicted octanol–water partition coefficient (Wildman–Crippen LogP) is 2.83. The van der Waals surface area contributed by atoms with E-state index in [0.29, 0.717) is 12.3 Å². The van der Waals surface area contributed by atoms with Crippen molar-refractivity contribution in [2.45, 2.75) is 34.6 Å². The van der Waals surface area contributed by atoms with Crippen molar-refractivity contribution in [3.8, 4) is 5.75 Å². The second-order valence-corrected chi connectivity index (χ2v) is 5.10. The number of aromatic hydroxyl groups is 1. The molecule has 0 aliphatic heterocycles. The number of hydrogen-bond acceptors (Lipinski definition) is 2. The van der Waals surface area contributed by atoms with Crippen molar-refractivity contribution < 1.29 is 29.3 Å². The number of hydrogen-bond donors (Lipinski definition) is 2. The van der Waals surface area contributed by atoms with Gasteiger partial charge in [0.25, 0.3) is 0 Å². The molecule has 0 atom stereocenters. The molecule has 1 amide bonds. The van der Waals surface area contributed by atoms with Gasteiger partial charge in [0.05, 0.1) is 0 Å². The summed E-state index contributed by atoms with van der Waals surface area (Å²) in [6.45, 7) is 10.5. The van der Waals surface area contributed by atoms with Crippen LogP contribution in [-0.4, -0.2) is 22.0 Å². The molecule has 3 nitrogen and oxygen atoms in total. The number of rotatable bonds is 3. The number of phenolic OH excluding ortho intramolecular Hbond substituents is 1. The summed E-state index contributed by atoms with van der Waals surface area (Å²) < 4.78 is 2.00. The van der Waals surface area contributed by atoms with Gasteiger partial charge in [-0.2, -0.15) is 0 Å². The zero-order valence-corrected chi connectivity index (χ0v) is 15.4. The molecule has 1 rings (SSSR count). The van der Waals surface area contributed by atoms with Crippen molar-refractivity contribution in [3.05, 3.63) is 29.8 Å². The van der Waals surface area contributed by atoms with E-state index < -0.39 is 0 Å². The zero-order chi connectivity index (χ0) is 15.3. The van der Waals surface area contributed by atoms with Crippen molar-refractivity contribution in [2.24, 2.45) is 5.92 Å². The standard InChI is InChI=1S/C7H8O.C6H11NO.C2H6.W/c1-6-2-4-7(8)5-3-6;1-4-7-6(8)5(2)3;1-2;/h2-5,8H,1H3;1,5H,4H2,2-3H3,(H,7,8);1-2H3;. The molecule has 1 aromatic carbocycles. The van der Waals surface area contributed by atoms with E-state index in [9.17, 15) is 4.79 Å². The molecule has 0 bridgehead atoms. The van der Waals surface area contributed by atoms with Crippen LogP contribution in [0, 0.1) is 12.8 Å². The molecule has 0 aromatic heterocycles. The maximum Gasteiger partial charge on any atom is 0.115 e. The molecule has 1 aromatic rings. The van der Waals surface area contributed by atoms with E-state index >= 15 is 0 Å². The Labute approximate surface area is 127 Å². The maximum atomic E-state index is 10.8. The fourth-order valence-electron chi connectivity index (χ4n) is 0.891. The number of carbonyl (C=O) groups excluding carboxylic acids is 1. The Bertz CT molecular complexity index is 327. The Morgan fingerprint density at radius 1 is 1.32 bits per heavy atom. The second-order valence-electron chi connectivity index (χ2n) is 3.90. The Balaban J connectivity index is 0. The Kier molecular flexibility index (Phi) is 14.4. The van der Waals surface area contributed by atoms with Crippen LogP contribution in [0.15, 0.2) is 24.3 Å². The van der Waals surface area contributed by atoms with E-state index in [0.717, 1.165) is 0 Å². The molecule has 108 valence electrons. The van der Waals surface area contributed by atoms with Crippen LogP contribution in [0.3, 0.4) is 0 Å². The molecule has 0 aliphatic carbocycles. The first kappa shape index (κ1) is 20.4. The average Bonchev–Trinajstić information content (AvgIpc) is 2.42. The summed E-state index contributed by atoms with van der Waals surface area (Å²) in [6, 6.07) is 7.09. The van der Waals surface area contributed by atoms with Crippen LogP contribution < -0.4 is 5.32 Å². The van der Waals surface area contributed by atoms with Crippen molar-refractivity contribution in [3.63, 3.8) is 0 Å². The van der Waals surface area contributed by atoms with E-state index in [-0.39, 0.29) is 11.8 Å². The number of amides is 1. The summed E-state index contributed by atoms with van der Waals surface area (Å²) in [5, 5.41) is 11.5. The van der Waals surface area contributed by atoms with E-state index in [1.165, 1.54) is 24.9 Å². The Hall–Kier alpha value is -0.952. The first-order valence-electron chi connectivity index (χ1n) is 6.44. The van der Waals surface area contributed by atoms with E-state index in [1.54, 1.807) is 12.1 Å². The SMILES string of the molecule is CC.CC(C)C(=O)NC[CH]=[W].Cc1ccc(O)cc1. The molecule has 4 heteroatoms. The third kappa shape index (κ3) is 13.3. The van der Waals surface area contributed by atoms with Crippen LogP contribution in [0.25, 0.3) is 0 Å². The first-order chi connectivity index (χ1) is 8.97. The van der Waals surface area contributed by atoms with Crippen molar-refractivity contribution in [1.29, 1.82) is 0 Å². The van der Waals surface area contributed by atoms with Crippen molar-refractivity contribution in [2.75, 3.05) is 6.54 Å². The largest absolute Gasteiger partial charge is 0.508 e. The van der Waals surface area contributed by atoms with Crippen molar-refractivity contribution >= 4 is 10.3 Å². The van der Waals surface area contributed by atoms with Gasteiger partial charge in [-0.15, -0.1) is 0 Å². The molecule has 0 saturated carbocycles. The monoisotopic (exact) mass is 435 g/mol. The van der Waals surface area contributed by atoms with Gasteiger partial charge in [0.1, 0.15) is 5.75 Å². The quantitative estimate of drug-likeness (QED) is 0.768. The van der Waals surface area contributed by atoms with Crippen LogP contribution in [0.4, 0.5) is 0 Å². The zero-order valence-electron chi connectivity index (χ0n) is 12.4. The minimum absolute atomic E-state index is 0.111. The summed E-state index contributed by atoms with van der Waals surface area (Å²) >= 11 is 1.40. The molecular weight excluding hydrogens is 410 g/mol. The van der Waals surface area contributed by atoms with E-state index in [1.807, 2.05) is 51.2 Å². The molecule has 0 saturated heterocycles. The molecule has 0 radical (unpaired) electrons.